The molecule has 1 aliphatic rings. The average molecular weight is 419 g/mol. The van der Waals surface area contributed by atoms with Gasteiger partial charge < -0.3 is 10.2 Å². The Morgan fingerprint density at radius 2 is 1.76 bits per heavy atom. The van der Waals surface area contributed by atoms with Gasteiger partial charge in [-0.05, 0) is 44.2 Å². The molecule has 0 aliphatic carbocycles. The topological polar surface area (TPSA) is 95.8 Å². The molecule has 2 aromatic carbocycles. The Bertz CT molecular complexity index is 1000. The highest BCUT2D eigenvalue weighted by Gasteiger charge is 2.30. The number of piperazine rings is 1. The van der Waals surface area contributed by atoms with Crippen molar-refractivity contribution < 1.29 is 13.3 Å². The summed E-state index contributed by atoms with van der Waals surface area (Å²) in [4.78, 5) is 13.1. The number of nitro benzene ring substituents is 1. The van der Waals surface area contributed by atoms with E-state index in [1.165, 1.54) is 16.4 Å². The van der Waals surface area contributed by atoms with Crippen LogP contribution in [-0.2, 0) is 10.0 Å². The summed E-state index contributed by atoms with van der Waals surface area (Å²) in [6.07, 6.45) is 0. The molecule has 2 aromatic rings. The van der Waals surface area contributed by atoms with E-state index >= 15 is 0 Å². The summed E-state index contributed by atoms with van der Waals surface area (Å²) >= 11 is 0. The summed E-state index contributed by atoms with van der Waals surface area (Å²) in [6.45, 7) is 5.91. The second-order valence-electron chi connectivity index (χ2n) is 7.37. The molecule has 1 N–H and O–H groups in total. The first-order valence-electron chi connectivity index (χ1n) is 9.49. The quantitative estimate of drug-likeness (QED) is 0.572. The van der Waals surface area contributed by atoms with Crippen molar-refractivity contribution in [3.05, 3.63) is 63.7 Å². The van der Waals surface area contributed by atoms with E-state index in [1.54, 1.807) is 0 Å². The van der Waals surface area contributed by atoms with Crippen molar-refractivity contribution in [2.24, 2.45) is 0 Å². The molecule has 1 saturated heterocycles. The number of benzene rings is 2. The van der Waals surface area contributed by atoms with E-state index in [-0.39, 0.29) is 16.6 Å². The zero-order valence-corrected chi connectivity index (χ0v) is 17.6. The summed E-state index contributed by atoms with van der Waals surface area (Å²) < 4.78 is 27.2. The van der Waals surface area contributed by atoms with E-state index in [2.05, 4.69) is 10.2 Å². The molecule has 0 radical (unpaired) electrons. The summed E-state index contributed by atoms with van der Waals surface area (Å²) in [5.74, 6) is 0. The first-order chi connectivity index (χ1) is 13.7. The van der Waals surface area contributed by atoms with Crippen molar-refractivity contribution >= 4 is 21.4 Å². The lowest BCUT2D eigenvalue weighted by atomic mass is 10.0. The lowest BCUT2D eigenvalue weighted by molar-refractivity contribution is -0.384. The van der Waals surface area contributed by atoms with Crippen molar-refractivity contribution in [1.29, 1.82) is 0 Å². The number of nitro groups is 1. The molecule has 1 heterocycles. The molecule has 9 heteroatoms. The predicted molar refractivity (Wildman–Crippen MR) is 113 cm³/mol. The molecule has 29 heavy (non-hydrogen) atoms. The van der Waals surface area contributed by atoms with Crippen LogP contribution in [0.4, 0.5) is 11.4 Å². The van der Waals surface area contributed by atoms with Crippen LogP contribution in [-0.4, -0.2) is 55.8 Å². The van der Waals surface area contributed by atoms with Gasteiger partial charge in [-0.15, -0.1) is 0 Å². The third-order valence-electron chi connectivity index (χ3n) is 5.29. The number of rotatable bonds is 6. The van der Waals surface area contributed by atoms with E-state index in [0.29, 0.717) is 31.9 Å². The molecule has 0 spiro atoms. The number of nitrogens with one attached hydrogen (secondary N) is 1. The van der Waals surface area contributed by atoms with Crippen molar-refractivity contribution in [2.45, 2.75) is 24.8 Å². The van der Waals surface area contributed by atoms with E-state index < -0.39 is 14.9 Å². The molecule has 8 nitrogen and oxygen atoms in total. The zero-order chi connectivity index (χ0) is 21.2. The van der Waals surface area contributed by atoms with Gasteiger partial charge in [0.05, 0.1) is 9.82 Å². The monoisotopic (exact) mass is 418 g/mol. The fourth-order valence-electron chi connectivity index (χ4n) is 3.51. The molecular formula is C20H26N4O4S. The van der Waals surface area contributed by atoms with Gasteiger partial charge in [0.25, 0.3) is 5.69 Å². The number of hydrogen-bond donors (Lipinski definition) is 1. The van der Waals surface area contributed by atoms with Crippen molar-refractivity contribution in [3.63, 3.8) is 0 Å². The number of anilines is 1. The fraction of sp³-hybridized carbons (Fsp3) is 0.400. The number of sulfonamides is 1. The van der Waals surface area contributed by atoms with Gasteiger partial charge >= 0.3 is 0 Å². The van der Waals surface area contributed by atoms with Crippen LogP contribution in [0.5, 0.6) is 0 Å². The van der Waals surface area contributed by atoms with Crippen molar-refractivity contribution in [2.75, 3.05) is 38.5 Å². The maximum atomic E-state index is 12.9. The van der Waals surface area contributed by atoms with E-state index in [0.717, 1.165) is 17.2 Å². The van der Waals surface area contributed by atoms with Crippen LogP contribution in [0.3, 0.4) is 0 Å². The van der Waals surface area contributed by atoms with Gasteiger partial charge in [-0.25, -0.2) is 8.42 Å². The normalized spacial score (nSPS) is 17.1. The van der Waals surface area contributed by atoms with E-state index in [1.807, 2.05) is 45.2 Å². The first kappa shape index (κ1) is 21.2. The Morgan fingerprint density at radius 1 is 1.10 bits per heavy atom. The SMILES string of the molecule is Cc1ccccc1C(C)Nc1ccc(S(=O)(=O)N2CCN(C)CC2)cc1[N+](=O)[O-]. The second kappa shape index (κ2) is 8.48. The van der Waals surface area contributed by atoms with Gasteiger partial charge in [0.15, 0.2) is 0 Å². The third kappa shape index (κ3) is 4.58. The highest BCUT2D eigenvalue weighted by molar-refractivity contribution is 7.89. The smallest absolute Gasteiger partial charge is 0.293 e. The molecule has 0 aromatic heterocycles. The minimum absolute atomic E-state index is 0.0529. The largest absolute Gasteiger partial charge is 0.373 e. The molecule has 0 bridgehead atoms. The van der Waals surface area contributed by atoms with Gasteiger partial charge in [-0.1, -0.05) is 24.3 Å². The predicted octanol–water partition coefficient (Wildman–Crippen LogP) is 3.01. The molecular weight excluding hydrogens is 392 g/mol. The molecule has 0 saturated carbocycles. The molecule has 1 fully saturated rings. The van der Waals surface area contributed by atoms with Crippen LogP contribution in [0.2, 0.25) is 0 Å². The molecule has 3 rings (SSSR count). The second-order valence-corrected chi connectivity index (χ2v) is 9.30. The standard InChI is InChI=1S/C20H26N4O4S/c1-15-6-4-5-7-18(15)16(2)21-19-9-8-17(14-20(19)24(25)26)29(27,28)23-12-10-22(3)11-13-23/h4-9,14,16,21H,10-13H2,1-3H3. The summed E-state index contributed by atoms with van der Waals surface area (Å²) in [5, 5.41) is 14.8. The summed E-state index contributed by atoms with van der Waals surface area (Å²) in [7, 11) is -1.84. The Morgan fingerprint density at radius 3 is 2.38 bits per heavy atom. The van der Waals surface area contributed by atoms with Crippen molar-refractivity contribution in [1.82, 2.24) is 9.21 Å². The van der Waals surface area contributed by atoms with Gasteiger partial charge in [0.1, 0.15) is 5.69 Å². The lowest BCUT2D eigenvalue weighted by Gasteiger charge is -2.31. The van der Waals surface area contributed by atoms with Gasteiger partial charge in [-0.3, -0.25) is 10.1 Å². The Hall–Kier alpha value is -2.49. The minimum Gasteiger partial charge on any atom is -0.373 e. The molecule has 0 amide bonds. The van der Waals surface area contributed by atoms with Crippen LogP contribution in [0.15, 0.2) is 47.4 Å². The van der Waals surface area contributed by atoms with E-state index in [4.69, 9.17) is 0 Å². The summed E-state index contributed by atoms with van der Waals surface area (Å²) in [5.41, 5.74) is 2.14. The average Bonchev–Trinajstić information content (AvgIpc) is 2.68. The highest BCUT2D eigenvalue weighted by Crippen LogP contribution is 2.32. The van der Waals surface area contributed by atoms with E-state index in [9.17, 15) is 18.5 Å². The van der Waals surface area contributed by atoms with Crippen LogP contribution in [0.1, 0.15) is 24.1 Å². The molecule has 1 unspecified atom stereocenters. The van der Waals surface area contributed by atoms with Gasteiger partial charge in [-0.2, -0.15) is 4.31 Å². The minimum atomic E-state index is -3.77. The number of aryl methyl sites for hydroxylation is 1. The number of nitrogens with zero attached hydrogens (tertiary/aromatic N) is 3. The summed E-state index contributed by atoms with van der Waals surface area (Å²) in [6, 6.07) is 11.7. The lowest BCUT2D eigenvalue weighted by Crippen LogP contribution is -2.47. The first-order valence-corrected chi connectivity index (χ1v) is 10.9. The van der Waals surface area contributed by atoms with Gasteiger partial charge in [0.2, 0.25) is 10.0 Å². The number of hydrogen-bond acceptors (Lipinski definition) is 6. The van der Waals surface area contributed by atoms with Crippen LogP contribution < -0.4 is 5.32 Å². The van der Waals surface area contributed by atoms with Crippen LogP contribution in [0.25, 0.3) is 0 Å². The Balaban J connectivity index is 1.89. The van der Waals surface area contributed by atoms with Crippen LogP contribution in [0, 0.1) is 17.0 Å². The zero-order valence-electron chi connectivity index (χ0n) is 16.8. The van der Waals surface area contributed by atoms with Crippen molar-refractivity contribution in [3.8, 4) is 0 Å². The van der Waals surface area contributed by atoms with Gasteiger partial charge in [0, 0.05) is 38.3 Å². The maximum absolute atomic E-state index is 12.9. The third-order valence-corrected chi connectivity index (χ3v) is 7.19. The Kier molecular flexibility index (Phi) is 6.21. The maximum Gasteiger partial charge on any atom is 0.293 e. The fourth-order valence-corrected chi connectivity index (χ4v) is 4.95. The number of likely N-dealkylation sites (N-methyl/N-ethyl adjacent to an activating group) is 1. The molecule has 1 atom stereocenters. The van der Waals surface area contributed by atoms with Crippen LogP contribution >= 0.6 is 0 Å². The molecule has 1 aliphatic heterocycles. The highest BCUT2D eigenvalue weighted by atomic mass is 32.2. The Labute approximate surface area is 171 Å². The molecule has 156 valence electrons.